The highest BCUT2D eigenvalue weighted by atomic mass is 32.9. The zero-order valence-electron chi connectivity index (χ0n) is 2.53. The maximum atomic E-state index is 8.45. The molecule has 1 heterocycles. The zero-order chi connectivity index (χ0) is 4.62. The van der Waals surface area contributed by atoms with Crippen LogP contribution in [0.3, 0.4) is 0 Å². The summed E-state index contributed by atoms with van der Waals surface area (Å²) in [7, 11) is 0. The lowest BCUT2D eigenvalue weighted by atomic mass is 14.9. The average molecular weight is 144 g/mol. The van der Waals surface area contributed by atoms with E-state index in [1.165, 1.54) is 0 Å². The largest absolute Gasteiger partial charge is 0.334 e. The summed E-state index contributed by atoms with van der Waals surface area (Å²) < 4.78 is 8.11. The molecule has 1 unspecified atom stereocenters. The van der Waals surface area contributed by atoms with E-state index in [1.807, 2.05) is 0 Å². The van der Waals surface area contributed by atoms with Crippen molar-refractivity contribution < 1.29 is 13.9 Å². The third kappa shape index (κ3) is 0.932. The van der Waals surface area contributed by atoms with Crippen molar-refractivity contribution in [1.29, 1.82) is 0 Å². The van der Waals surface area contributed by atoms with E-state index in [2.05, 4.69) is 20.8 Å². The Labute approximate surface area is 43.7 Å². The van der Waals surface area contributed by atoms with Crippen LogP contribution in [0.15, 0.2) is 0 Å². The van der Waals surface area contributed by atoms with Crippen LogP contribution in [-0.4, -0.2) is 4.89 Å². The van der Waals surface area contributed by atoms with Crippen molar-refractivity contribution in [2.45, 2.75) is 0 Å². The second kappa shape index (κ2) is 1.43. The molecule has 0 aromatic heterocycles. The molecule has 0 aliphatic carbocycles. The zero-order valence-corrected chi connectivity index (χ0v) is 5.05. The van der Waals surface area contributed by atoms with Crippen LogP contribution in [0, 0.1) is 0 Å². The molecular weight excluding hydrogens is 143 g/mol. The molecule has 0 radical (unpaired) electrons. The van der Waals surface area contributed by atoms with Crippen molar-refractivity contribution in [2.24, 2.45) is 0 Å². The first-order valence-electron chi connectivity index (χ1n) is 1.08. The molecule has 1 saturated heterocycles. The molecule has 6 heteroatoms. The van der Waals surface area contributed by atoms with Gasteiger partial charge in [0, 0.05) is 0 Å². The van der Waals surface area contributed by atoms with Gasteiger partial charge in [-0.05, 0) is 11.8 Å². The second-order valence-corrected chi connectivity index (χ2v) is 6.17. The summed E-state index contributed by atoms with van der Waals surface area (Å²) in [6.07, 6.45) is 0. The van der Waals surface area contributed by atoms with E-state index < -0.39 is 5.69 Å². The summed E-state index contributed by atoms with van der Waals surface area (Å²) >= 11 is 5.18. The minimum absolute atomic E-state index is 0.822. The Morgan fingerprint density at radius 1 is 1.83 bits per heavy atom. The van der Waals surface area contributed by atoms with Crippen molar-refractivity contribution in [3.63, 3.8) is 0 Å². The summed E-state index contributed by atoms with van der Waals surface area (Å²) in [6, 6.07) is 0. The Hall–Kier alpha value is 0.880. The van der Waals surface area contributed by atoms with E-state index in [4.69, 9.17) is 4.89 Å². The van der Waals surface area contributed by atoms with Crippen molar-refractivity contribution in [2.75, 3.05) is 0 Å². The maximum Gasteiger partial charge on any atom is 0.306 e. The van der Waals surface area contributed by atoms with Gasteiger partial charge in [0.05, 0.1) is 0 Å². The van der Waals surface area contributed by atoms with Crippen molar-refractivity contribution >= 4 is 29.2 Å². The molecule has 1 aliphatic rings. The standard InChI is InChI=1S/HO3PS2/c1-4(5)2-3-6-4/h(H,1,5). The number of hydrogen-bond acceptors (Lipinski definition) is 4. The van der Waals surface area contributed by atoms with Crippen LogP contribution in [-0.2, 0) is 20.8 Å². The third-order valence-electron chi connectivity index (χ3n) is 0.249. The first kappa shape index (κ1) is 5.03. The molecule has 1 aliphatic heterocycles. The molecule has 3 nitrogen and oxygen atoms in total. The van der Waals surface area contributed by atoms with E-state index in [9.17, 15) is 0 Å². The van der Waals surface area contributed by atoms with Gasteiger partial charge in [0.1, 0.15) is 11.7 Å². The normalized spacial score (nSPS) is 44.8. The minimum atomic E-state index is -2.44. The van der Waals surface area contributed by atoms with Crippen LogP contribution in [0.2, 0.25) is 0 Å². The highest BCUT2D eigenvalue weighted by Gasteiger charge is 2.28. The van der Waals surface area contributed by atoms with Gasteiger partial charge in [-0.2, -0.15) is 4.67 Å². The predicted molar refractivity (Wildman–Crippen MR) is 26.3 cm³/mol. The van der Waals surface area contributed by atoms with Crippen LogP contribution >= 0.6 is 17.4 Å². The lowest BCUT2D eigenvalue weighted by Gasteiger charge is -2.18. The molecule has 1 rings (SSSR count). The topological polar surface area (TPSA) is 38.7 Å². The summed E-state index contributed by atoms with van der Waals surface area (Å²) in [6.45, 7) is 0. The van der Waals surface area contributed by atoms with Crippen molar-refractivity contribution in [3.05, 3.63) is 0 Å². The Bertz CT molecular complexity index is 91.0. The molecule has 36 valence electrons. The van der Waals surface area contributed by atoms with Gasteiger partial charge >= 0.3 is 5.69 Å². The molecule has 1 atom stereocenters. The highest BCUT2D eigenvalue weighted by molar-refractivity contribution is 8.67. The van der Waals surface area contributed by atoms with E-state index in [0.29, 0.717) is 0 Å². The van der Waals surface area contributed by atoms with Gasteiger partial charge in [-0.3, -0.25) is 0 Å². The molecule has 1 fully saturated rings. The Morgan fingerprint density at radius 2 is 2.17 bits per heavy atom. The fourth-order valence-corrected chi connectivity index (χ4v) is 1.19. The molecule has 6 heavy (non-hydrogen) atoms. The summed E-state index contributed by atoms with van der Waals surface area (Å²) in [5.41, 5.74) is -2.44. The van der Waals surface area contributed by atoms with Crippen LogP contribution in [0.25, 0.3) is 0 Å². The van der Waals surface area contributed by atoms with E-state index in [0.717, 1.165) is 11.7 Å². The van der Waals surface area contributed by atoms with E-state index in [1.54, 1.807) is 0 Å². The van der Waals surface area contributed by atoms with Gasteiger partial charge in [0.15, 0.2) is 0 Å². The Morgan fingerprint density at radius 3 is 2.17 bits per heavy atom. The first-order chi connectivity index (χ1) is 2.71. The highest BCUT2D eigenvalue weighted by Crippen LogP contribution is 2.66. The molecule has 0 spiro atoms. The molecule has 0 saturated carbocycles. The van der Waals surface area contributed by atoms with Crippen molar-refractivity contribution in [1.82, 2.24) is 0 Å². The summed E-state index contributed by atoms with van der Waals surface area (Å²) in [4.78, 5) is 8.45. The first-order valence-corrected chi connectivity index (χ1v) is 5.10. The summed E-state index contributed by atoms with van der Waals surface area (Å²) in [5, 5.41) is 0. The van der Waals surface area contributed by atoms with Crippen LogP contribution < -0.4 is 0 Å². The monoisotopic (exact) mass is 144 g/mol. The minimum Gasteiger partial charge on any atom is -0.334 e. The van der Waals surface area contributed by atoms with Gasteiger partial charge < -0.3 is 4.89 Å². The number of rotatable bonds is 0. The fourth-order valence-electron chi connectivity index (χ4n) is 0.0825. The Kier molecular flexibility index (Phi) is 1.20. The van der Waals surface area contributed by atoms with Gasteiger partial charge in [0.2, 0.25) is 0 Å². The van der Waals surface area contributed by atoms with Crippen LogP contribution in [0.5, 0.6) is 0 Å². The van der Waals surface area contributed by atoms with Crippen LogP contribution in [0.4, 0.5) is 0 Å². The molecule has 0 bridgehead atoms. The summed E-state index contributed by atoms with van der Waals surface area (Å²) in [5.74, 6) is 0. The predicted octanol–water partition coefficient (Wildman–Crippen LogP) is 0.813. The van der Waals surface area contributed by atoms with Gasteiger partial charge in [-0.15, -0.1) is 4.33 Å². The van der Waals surface area contributed by atoms with Crippen LogP contribution in [0.1, 0.15) is 0 Å². The van der Waals surface area contributed by atoms with Crippen molar-refractivity contribution in [3.8, 4) is 0 Å². The quantitative estimate of drug-likeness (QED) is 0.309. The van der Waals surface area contributed by atoms with Gasteiger partial charge in [0.25, 0.3) is 0 Å². The molecule has 0 aromatic carbocycles. The Balaban J connectivity index is 2.53. The smallest absolute Gasteiger partial charge is 0.306 e. The maximum absolute atomic E-state index is 8.45. The fraction of sp³-hybridized carbons (Fsp3) is 0. The average Bonchev–Trinajstić information content (AvgIpc) is 1.32. The molecular formula is HO3PS2. The van der Waals surface area contributed by atoms with Gasteiger partial charge in [-0.1, -0.05) is 0 Å². The molecule has 1 N–H and O–H groups in total. The molecule has 0 aromatic rings. The van der Waals surface area contributed by atoms with Gasteiger partial charge in [-0.25, -0.2) is 0 Å². The SMILES string of the molecule is OP1(=S)OOS1. The number of hydrogen-bond donors (Lipinski definition) is 1. The van der Waals surface area contributed by atoms with E-state index >= 15 is 0 Å². The van der Waals surface area contributed by atoms with E-state index in [-0.39, 0.29) is 0 Å². The molecule has 0 amide bonds. The third-order valence-corrected chi connectivity index (χ3v) is 2.59. The lowest BCUT2D eigenvalue weighted by molar-refractivity contribution is -0.0915. The second-order valence-electron chi connectivity index (χ2n) is 0.686. The lowest BCUT2D eigenvalue weighted by Crippen LogP contribution is -1.91.